The fraction of sp³-hybridized carbons (Fsp3) is 0.188. The van der Waals surface area contributed by atoms with Gasteiger partial charge in [0.1, 0.15) is 12.4 Å². The standard InChI is InChI=1S/C16H15ClO2/c17-10-11-19-15-8-6-14(7-9-15)16(18)12-13-4-2-1-3-5-13/h1-9H,10-12H2. The predicted octanol–water partition coefficient (Wildman–Crippen LogP) is 3.73. The van der Waals surface area contributed by atoms with Crippen LogP contribution >= 0.6 is 11.6 Å². The number of carbonyl (C=O) groups is 1. The molecule has 0 amide bonds. The van der Waals surface area contributed by atoms with Crippen LogP contribution in [0, 0.1) is 0 Å². The Hall–Kier alpha value is -1.80. The van der Waals surface area contributed by atoms with E-state index in [0.717, 1.165) is 11.3 Å². The Labute approximate surface area is 118 Å². The van der Waals surface area contributed by atoms with E-state index in [2.05, 4.69) is 0 Å². The summed E-state index contributed by atoms with van der Waals surface area (Å²) in [5.41, 5.74) is 1.72. The maximum Gasteiger partial charge on any atom is 0.167 e. The van der Waals surface area contributed by atoms with E-state index in [0.29, 0.717) is 24.5 Å². The molecule has 98 valence electrons. The van der Waals surface area contributed by atoms with E-state index in [1.807, 2.05) is 30.3 Å². The first-order valence-electron chi connectivity index (χ1n) is 6.15. The van der Waals surface area contributed by atoms with Crippen LogP contribution in [-0.4, -0.2) is 18.3 Å². The number of carbonyl (C=O) groups excluding carboxylic acids is 1. The van der Waals surface area contributed by atoms with Gasteiger partial charge in [0.25, 0.3) is 0 Å². The molecule has 0 saturated heterocycles. The number of halogens is 1. The minimum absolute atomic E-state index is 0.107. The molecule has 3 heteroatoms. The van der Waals surface area contributed by atoms with Gasteiger partial charge in [-0.1, -0.05) is 30.3 Å². The second kappa shape index (κ2) is 6.95. The highest BCUT2D eigenvalue weighted by Gasteiger charge is 2.06. The molecule has 0 radical (unpaired) electrons. The second-order valence-corrected chi connectivity index (χ2v) is 4.53. The van der Waals surface area contributed by atoms with Gasteiger partial charge in [-0.15, -0.1) is 11.6 Å². The van der Waals surface area contributed by atoms with Crippen molar-refractivity contribution >= 4 is 17.4 Å². The molecule has 2 nitrogen and oxygen atoms in total. The average molecular weight is 275 g/mol. The molecule has 0 aliphatic heterocycles. The third kappa shape index (κ3) is 4.11. The number of rotatable bonds is 6. The Morgan fingerprint density at radius 1 is 1.00 bits per heavy atom. The summed E-state index contributed by atoms with van der Waals surface area (Å²) in [6, 6.07) is 16.9. The lowest BCUT2D eigenvalue weighted by Crippen LogP contribution is -2.04. The molecule has 0 fully saturated rings. The van der Waals surface area contributed by atoms with Gasteiger partial charge in [-0.05, 0) is 29.8 Å². The molecular formula is C16H15ClO2. The van der Waals surface area contributed by atoms with Crippen LogP contribution in [0.3, 0.4) is 0 Å². The number of Topliss-reactive ketones (excluding diaryl/α,β-unsaturated/α-hetero) is 1. The van der Waals surface area contributed by atoms with Crippen molar-refractivity contribution in [3.05, 3.63) is 65.7 Å². The number of hydrogen-bond acceptors (Lipinski definition) is 2. The van der Waals surface area contributed by atoms with Crippen molar-refractivity contribution in [2.24, 2.45) is 0 Å². The quantitative estimate of drug-likeness (QED) is 0.593. The average Bonchev–Trinajstić information content (AvgIpc) is 2.46. The van der Waals surface area contributed by atoms with Crippen molar-refractivity contribution in [3.63, 3.8) is 0 Å². The maximum atomic E-state index is 12.1. The first-order chi connectivity index (χ1) is 9.29. The maximum absolute atomic E-state index is 12.1. The van der Waals surface area contributed by atoms with Gasteiger partial charge in [0.15, 0.2) is 5.78 Å². The van der Waals surface area contributed by atoms with Gasteiger partial charge in [0, 0.05) is 12.0 Å². The number of hydrogen-bond donors (Lipinski definition) is 0. The second-order valence-electron chi connectivity index (χ2n) is 4.15. The van der Waals surface area contributed by atoms with E-state index in [1.165, 1.54) is 0 Å². The Morgan fingerprint density at radius 3 is 2.32 bits per heavy atom. The number of ketones is 1. The number of benzene rings is 2. The molecule has 0 aromatic heterocycles. The smallest absolute Gasteiger partial charge is 0.167 e. The first kappa shape index (κ1) is 13.6. The zero-order valence-corrected chi connectivity index (χ0v) is 11.3. The lowest BCUT2D eigenvalue weighted by atomic mass is 10.0. The SMILES string of the molecule is O=C(Cc1ccccc1)c1ccc(OCCCl)cc1. The largest absolute Gasteiger partial charge is 0.492 e. The van der Waals surface area contributed by atoms with E-state index in [9.17, 15) is 4.79 Å². The van der Waals surface area contributed by atoms with Crippen LogP contribution < -0.4 is 4.74 Å². The monoisotopic (exact) mass is 274 g/mol. The van der Waals surface area contributed by atoms with Crippen molar-refractivity contribution in [2.45, 2.75) is 6.42 Å². The van der Waals surface area contributed by atoms with Crippen molar-refractivity contribution < 1.29 is 9.53 Å². The van der Waals surface area contributed by atoms with Crippen LogP contribution in [-0.2, 0) is 6.42 Å². The van der Waals surface area contributed by atoms with Gasteiger partial charge < -0.3 is 4.74 Å². The molecule has 0 unspecified atom stereocenters. The summed E-state index contributed by atoms with van der Waals surface area (Å²) in [6.45, 7) is 0.471. The van der Waals surface area contributed by atoms with E-state index in [1.54, 1.807) is 24.3 Å². The summed E-state index contributed by atoms with van der Waals surface area (Å²) in [6.07, 6.45) is 0.419. The summed E-state index contributed by atoms with van der Waals surface area (Å²) in [4.78, 5) is 12.1. The molecule has 2 rings (SSSR count). The minimum atomic E-state index is 0.107. The first-order valence-corrected chi connectivity index (χ1v) is 6.69. The molecule has 0 atom stereocenters. The Morgan fingerprint density at radius 2 is 1.68 bits per heavy atom. The van der Waals surface area contributed by atoms with Gasteiger partial charge in [0.2, 0.25) is 0 Å². The third-order valence-electron chi connectivity index (χ3n) is 2.73. The highest BCUT2D eigenvalue weighted by atomic mass is 35.5. The molecular weight excluding hydrogens is 260 g/mol. The lowest BCUT2D eigenvalue weighted by Gasteiger charge is -2.05. The summed E-state index contributed by atoms with van der Waals surface area (Å²) in [7, 11) is 0. The summed E-state index contributed by atoms with van der Waals surface area (Å²) in [5, 5.41) is 0. The molecule has 0 aliphatic rings. The highest BCUT2D eigenvalue weighted by Crippen LogP contribution is 2.14. The summed E-state index contributed by atoms with van der Waals surface area (Å²) < 4.78 is 5.36. The van der Waals surface area contributed by atoms with Crippen molar-refractivity contribution in [2.75, 3.05) is 12.5 Å². The molecule has 0 N–H and O–H groups in total. The van der Waals surface area contributed by atoms with Crippen molar-refractivity contribution in [1.82, 2.24) is 0 Å². The topological polar surface area (TPSA) is 26.3 Å². The number of alkyl halides is 1. The van der Waals surface area contributed by atoms with E-state index < -0.39 is 0 Å². The Bertz CT molecular complexity index is 520. The van der Waals surface area contributed by atoms with Crippen LogP contribution in [0.4, 0.5) is 0 Å². The zero-order valence-electron chi connectivity index (χ0n) is 10.5. The third-order valence-corrected chi connectivity index (χ3v) is 2.88. The van der Waals surface area contributed by atoms with E-state index >= 15 is 0 Å². The van der Waals surface area contributed by atoms with Gasteiger partial charge in [0.05, 0.1) is 5.88 Å². The lowest BCUT2D eigenvalue weighted by molar-refractivity contribution is 0.0993. The van der Waals surface area contributed by atoms with Gasteiger partial charge in [-0.3, -0.25) is 4.79 Å². The molecule has 0 spiro atoms. The van der Waals surface area contributed by atoms with Gasteiger partial charge >= 0.3 is 0 Å². The van der Waals surface area contributed by atoms with Crippen LogP contribution in [0.1, 0.15) is 15.9 Å². The van der Waals surface area contributed by atoms with E-state index in [-0.39, 0.29) is 5.78 Å². The van der Waals surface area contributed by atoms with Gasteiger partial charge in [-0.25, -0.2) is 0 Å². The molecule has 2 aromatic rings. The summed E-state index contributed by atoms with van der Waals surface area (Å²) in [5.74, 6) is 1.29. The van der Waals surface area contributed by atoms with Crippen molar-refractivity contribution in [3.8, 4) is 5.75 Å². The summed E-state index contributed by atoms with van der Waals surface area (Å²) >= 11 is 5.54. The molecule has 19 heavy (non-hydrogen) atoms. The molecule has 0 aliphatic carbocycles. The van der Waals surface area contributed by atoms with Crippen molar-refractivity contribution in [1.29, 1.82) is 0 Å². The van der Waals surface area contributed by atoms with Crippen LogP contribution in [0.5, 0.6) is 5.75 Å². The van der Waals surface area contributed by atoms with Crippen LogP contribution in [0.25, 0.3) is 0 Å². The molecule has 0 bridgehead atoms. The Kier molecular flexibility index (Phi) is 4.99. The zero-order chi connectivity index (χ0) is 13.5. The predicted molar refractivity (Wildman–Crippen MR) is 77.1 cm³/mol. The van der Waals surface area contributed by atoms with Crippen LogP contribution in [0.2, 0.25) is 0 Å². The van der Waals surface area contributed by atoms with Crippen LogP contribution in [0.15, 0.2) is 54.6 Å². The number of ether oxygens (including phenoxy) is 1. The molecule has 0 heterocycles. The fourth-order valence-corrected chi connectivity index (χ4v) is 1.85. The molecule has 0 saturated carbocycles. The normalized spacial score (nSPS) is 10.2. The van der Waals surface area contributed by atoms with Gasteiger partial charge in [-0.2, -0.15) is 0 Å². The fourth-order valence-electron chi connectivity index (χ4n) is 1.78. The van der Waals surface area contributed by atoms with E-state index in [4.69, 9.17) is 16.3 Å². The minimum Gasteiger partial charge on any atom is -0.492 e. The molecule has 2 aromatic carbocycles. The Balaban J connectivity index is 1.99. The highest BCUT2D eigenvalue weighted by molar-refractivity contribution is 6.18.